The minimum absolute atomic E-state index is 0.0842. The quantitative estimate of drug-likeness (QED) is 0.791. The predicted octanol–water partition coefficient (Wildman–Crippen LogP) is 3.94. The van der Waals surface area contributed by atoms with Crippen molar-refractivity contribution in [1.29, 1.82) is 0 Å². The van der Waals surface area contributed by atoms with Gasteiger partial charge in [0, 0.05) is 26.0 Å². The average Bonchev–Trinajstić information content (AvgIpc) is 3.22. The highest BCUT2D eigenvalue weighted by Gasteiger charge is 2.36. The Hall–Kier alpha value is -2.26. The molecule has 128 valence electrons. The van der Waals surface area contributed by atoms with Crippen LogP contribution in [0.5, 0.6) is 0 Å². The summed E-state index contributed by atoms with van der Waals surface area (Å²) in [5.74, 6) is 0.275. The van der Waals surface area contributed by atoms with E-state index >= 15 is 0 Å². The normalized spacial score (nSPS) is 21.2. The first-order valence-corrected chi connectivity index (χ1v) is 9.23. The Morgan fingerprint density at radius 2 is 1.84 bits per heavy atom. The van der Waals surface area contributed by atoms with E-state index in [4.69, 9.17) is 0 Å². The molecule has 1 fully saturated rings. The third-order valence-electron chi connectivity index (χ3n) is 5.50. The molecule has 2 heterocycles. The molecule has 0 spiro atoms. The van der Waals surface area contributed by atoms with Crippen LogP contribution >= 0.6 is 0 Å². The zero-order chi connectivity index (χ0) is 17.4. The van der Waals surface area contributed by atoms with Crippen molar-refractivity contribution in [2.45, 2.75) is 32.7 Å². The molecule has 2 aliphatic heterocycles. The highest BCUT2D eigenvalue weighted by Crippen LogP contribution is 2.31. The minimum Gasteiger partial charge on any atom is -0.296 e. The van der Waals surface area contributed by atoms with Crippen molar-refractivity contribution in [3.63, 3.8) is 0 Å². The van der Waals surface area contributed by atoms with Crippen LogP contribution in [-0.4, -0.2) is 46.6 Å². The molecule has 2 aromatic carbocycles. The Bertz CT molecular complexity index is 883. The van der Waals surface area contributed by atoms with Crippen LogP contribution in [0.4, 0.5) is 5.69 Å². The van der Waals surface area contributed by atoms with E-state index < -0.39 is 0 Å². The molecule has 0 amide bonds. The van der Waals surface area contributed by atoms with Crippen LogP contribution in [0.1, 0.15) is 26.7 Å². The van der Waals surface area contributed by atoms with Gasteiger partial charge in [0.15, 0.2) is 17.5 Å². The molecule has 1 saturated heterocycles. The summed E-state index contributed by atoms with van der Waals surface area (Å²) in [6.45, 7) is 6.93. The summed E-state index contributed by atoms with van der Waals surface area (Å²) in [6.07, 6.45) is 4.52. The Labute approximate surface area is 149 Å². The van der Waals surface area contributed by atoms with Crippen molar-refractivity contribution in [3.05, 3.63) is 54.1 Å². The molecule has 2 aromatic rings. The average molecular weight is 333 g/mol. The number of likely N-dealkylation sites (tertiary alicyclic amines) is 1. The molecule has 0 bridgehead atoms. The first-order chi connectivity index (χ1) is 12.1. The number of allylic oxidation sites excluding steroid dienone is 1. The maximum atomic E-state index is 12.8. The lowest BCUT2D eigenvalue weighted by atomic mass is 10.0. The fourth-order valence-electron chi connectivity index (χ4n) is 4.23. The first-order valence-electron chi connectivity index (χ1n) is 9.23. The van der Waals surface area contributed by atoms with E-state index in [2.05, 4.69) is 71.9 Å². The number of benzene rings is 2. The molecule has 0 aromatic heterocycles. The van der Waals surface area contributed by atoms with Gasteiger partial charge in [-0.3, -0.25) is 9.69 Å². The summed E-state index contributed by atoms with van der Waals surface area (Å²) in [7, 11) is 0. The molecule has 1 unspecified atom stereocenters. The molecule has 3 nitrogen and oxygen atoms in total. The molecule has 25 heavy (non-hydrogen) atoms. The van der Waals surface area contributed by atoms with Crippen molar-refractivity contribution in [2.24, 2.45) is 0 Å². The fourth-order valence-corrected chi connectivity index (χ4v) is 4.23. The molecule has 0 radical (unpaired) electrons. The molecule has 0 aliphatic carbocycles. The summed E-state index contributed by atoms with van der Waals surface area (Å²) < 4.78 is 2.31. The molecule has 0 N–H and O–H groups in total. The van der Waals surface area contributed by atoms with Gasteiger partial charge < -0.3 is 0 Å². The number of carbonyl (C=O) groups excluding carboxylic acids is 1. The van der Waals surface area contributed by atoms with Crippen molar-refractivity contribution in [1.82, 2.24) is 4.90 Å². The van der Waals surface area contributed by atoms with Crippen LogP contribution in [-0.2, 0) is 4.79 Å². The monoisotopic (exact) mass is 333 g/mol. The summed E-state index contributed by atoms with van der Waals surface area (Å²) in [5, 5.41) is 2.47. The van der Waals surface area contributed by atoms with Crippen molar-refractivity contribution in [2.75, 3.05) is 19.6 Å². The van der Waals surface area contributed by atoms with Crippen molar-refractivity contribution < 1.29 is 9.37 Å². The Morgan fingerprint density at radius 3 is 2.64 bits per heavy atom. The smallest absolute Gasteiger partial charge is 0.213 e. The molecule has 2 aliphatic rings. The lowest BCUT2D eigenvalue weighted by Crippen LogP contribution is -2.31. The lowest BCUT2D eigenvalue weighted by molar-refractivity contribution is -0.462. The standard InChI is InChI=1S/C22H25N2O/c1-16-14-20(22(25)15-23-12-5-6-13-23)17(2)24(16)21-11-7-9-18-8-3-4-10-19(18)21/h3-4,7-11,14,17H,5-6,12-13,15H2,1-2H3/q+1. The van der Waals surface area contributed by atoms with Crippen LogP contribution in [0, 0.1) is 0 Å². The Kier molecular flexibility index (Phi) is 4.26. The van der Waals surface area contributed by atoms with E-state index in [1.54, 1.807) is 0 Å². The summed E-state index contributed by atoms with van der Waals surface area (Å²) in [5.41, 5.74) is 3.27. The van der Waals surface area contributed by atoms with Gasteiger partial charge in [0.05, 0.1) is 17.5 Å². The van der Waals surface area contributed by atoms with Gasteiger partial charge in [0.25, 0.3) is 0 Å². The van der Waals surface area contributed by atoms with Gasteiger partial charge in [0.2, 0.25) is 5.69 Å². The maximum Gasteiger partial charge on any atom is 0.213 e. The summed E-state index contributed by atoms with van der Waals surface area (Å²) >= 11 is 0. The number of hydrogen-bond acceptors (Lipinski definition) is 2. The molecule has 4 rings (SSSR count). The Balaban J connectivity index is 1.64. The second-order valence-corrected chi connectivity index (χ2v) is 7.19. The SMILES string of the molecule is CC1=[N+](c2cccc3ccccc23)C(C)C(C(=O)CN2CCCC2)=C1. The topological polar surface area (TPSA) is 23.3 Å². The van der Waals surface area contributed by atoms with Gasteiger partial charge in [0.1, 0.15) is 0 Å². The van der Waals surface area contributed by atoms with E-state index in [1.165, 1.54) is 29.3 Å². The molecular weight excluding hydrogens is 308 g/mol. The molecule has 1 atom stereocenters. The molecule has 0 saturated carbocycles. The zero-order valence-electron chi connectivity index (χ0n) is 15.0. The van der Waals surface area contributed by atoms with E-state index in [-0.39, 0.29) is 11.8 Å². The first kappa shape index (κ1) is 16.2. The van der Waals surface area contributed by atoms with Crippen LogP contribution in [0.2, 0.25) is 0 Å². The number of fused-ring (bicyclic) bond motifs is 1. The number of hydrogen-bond donors (Lipinski definition) is 0. The zero-order valence-corrected chi connectivity index (χ0v) is 15.0. The fraction of sp³-hybridized carbons (Fsp3) is 0.364. The van der Waals surface area contributed by atoms with Crippen molar-refractivity contribution >= 4 is 28.0 Å². The summed E-state index contributed by atoms with van der Waals surface area (Å²) in [4.78, 5) is 15.1. The van der Waals surface area contributed by atoms with Gasteiger partial charge in [-0.2, -0.15) is 4.58 Å². The van der Waals surface area contributed by atoms with E-state index in [0.717, 1.165) is 24.4 Å². The molecule has 3 heteroatoms. The maximum absolute atomic E-state index is 12.8. The minimum atomic E-state index is 0.0842. The van der Waals surface area contributed by atoms with E-state index in [1.807, 2.05) is 0 Å². The predicted molar refractivity (Wildman–Crippen MR) is 103 cm³/mol. The van der Waals surface area contributed by atoms with Crippen LogP contribution in [0.3, 0.4) is 0 Å². The highest BCUT2D eigenvalue weighted by molar-refractivity contribution is 6.06. The van der Waals surface area contributed by atoms with Crippen LogP contribution in [0.15, 0.2) is 54.1 Å². The van der Waals surface area contributed by atoms with E-state index in [9.17, 15) is 4.79 Å². The van der Waals surface area contributed by atoms with E-state index in [0.29, 0.717) is 6.54 Å². The third kappa shape index (κ3) is 2.93. The second kappa shape index (κ2) is 6.57. The second-order valence-electron chi connectivity index (χ2n) is 7.19. The third-order valence-corrected chi connectivity index (χ3v) is 5.50. The highest BCUT2D eigenvalue weighted by atomic mass is 16.1. The summed E-state index contributed by atoms with van der Waals surface area (Å²) in [6, 6.07) is 14.9. The van der Waals surface area contributed by atoms with Crippen LogP contribution < -0.4 is 0 Å². The van der Waals surface area contributed by atoms with Gasteiger partial charge >= 0.3 is 0 Å². The number of Topliss-reactive ketones (excluding diaryl/α,β-unsaturated/α-hetero) is 1. The van der Waals surface area contributed by atoms with Gasteiger partial charge in [-0.25, -0.2) is 0 Å². The Morgan fingerprint density at radius 1 is 1.12 bits per heavy atom. The van der Waals surface area contributed by atoms with Gasteiger partial charge in [-0.15, -0.1) is 0 Å². The number of rotatable bonds is 4. The number of carbonyl (C=O) groups is 1. The number of nitrogens with zero attached hydrogens (tertiary/aromatic N) is 2. The largest absolute Gasteiger partial charge is 0.296 e. The molecular formula is C22H25N2O+. The number of ketones is 1. The lowest BCUT2D eigenvalue weighted by Gasteiger charge is -2.15. The van der Waals surface area contributed by atoms with Crippen LogP contribution in [0.25, 0.3) is 10.8 Å². The van der Waals surface area contributed by atoms with Crippen molar-refractivity contribution in [3.8, 4) is 0 Å². The van der Waals surface area contributed by atoms with Gasteiger partial charge in [-0.1, -0.05) is 30.3 Å². The van der Waals surface area contributed by atoms with Gasteiger partial charge in [-0.05, 0) is 37.4 Å².